The minimum absolute atomic E-state index is 0.331. The molecular weight excluding hydrogens is 210 g/mol. The molecule has 2 atom stereocenters. The average Bonchev–Trinajstić information content (AvgIpc) is 2.32. The van der Waals surface area contributed by atoms with Gasteiger partial charge in [-0.3, -0.25) is 9.88 Å². The van der Waals surface area contributed by atoms with Crippen LogP contribution in [-0.2, 0) is 6.54 Å². The van der Waals surface area contributed by atoms with Crippen molar-refractivity contribution in [2.75, 3.05) is 7.05 Å². The van der Waals surface area contributed by atoms with Gasteiger partial charge in [-0.15, -0.1) is 0 Å². The van der Waals surface area contributed by atoms with Gasteiger partial charge in [0.15, 0.2) is 0 Å². The van der Waals surface area contributed by atoms with Crippen molar-refractivity contribution in [1.29, 1.82) is 0 Å². The fraction of sp³-hybridized carbons (Fsp3) is 0.643. The summed E-state index contributed by atoms with van der Waals surface area (Å²) < 4.78 is 0. The Labute approximate surface area is 104 Å². The van der Waals surface area contributed by atoms with E-state index in [2.05, 4.69) is 29.9 Å². The summed E-state index contributed by atoms with van der Waals surface area (Å²) >= 11 is 0. The Morgan fingerprint density at radius 3 is 2.88 bits per heavy atom. The highest BCUT2D eigenvalue weighted by Gasteiger charge is 2.25. The smallest absolute Gasteiger partial charge is 0.0573 e. The normalized spacial score (nSPS) is 25.2. The van der Waals surface area contributed by atoms with E-state index >= 15 is 0 Å². The van der Waals surface area contributed by atoms with Crippen molar-refractivity contribution in [2.24, 2.45) is 5.73 Å². The molecule has 1 saturated carbocycles. The average molecular weight is 233 g/mol. The number of likely N-dealkylation sites (N-methyl/N-ethyl adjacent to an activating group) is 1. The highest BCUT2D eigenvalue weighted by Crippen LogP contribution is 2.22. The van der Waals surface area contributed by atoms with E-state index in [1.165, 1.54) is 30.5 Å². The first-order valence-electron chi connectivity index (χ1n) is 6.55. The quantitative estimate of drug-likeness (QED) is 0.869. The number of aromatic nitrogens is 1. The van der Waals surface area contributed by atoms with Crippen molar-refractivity contribution in [2.45, 2.75) is 51.2 Å². The molecule has 1 aromatic rings. The molecule has 0 aliphatic heterocycles. The first-order valence-corrected chi connectivity index (χ1v) is 6.55. The fourth-order valence-corrected chi connectivity index (χ4v) is 2.72. The number of nitrogens with two attached hydrogens (primary N) is 1. The second kappa shape index (κ2) is 5.61. The highest BCUT2D eigenvalue weighted by atomic mass is 15.2. The Balaban J connectivity index is 2.01. The van der Waals surface area contributed by atoms with Gasteiger partial charge in [-0.1, -0.05) is 18.9 Å². The third-order valence-corrected chi connectivity index (χ3v) is 3.86. The molecule has 0 bridgehead atoms. The molecule has 1 aliphatic rings. The summed E-state index contributed by atoms with van der Waals surface area (Å²) in [6, 6.07) is 4.96. The summed E-state index contributed by atoms with van der Waals surface area (Å²) in [7, 11) is 2.17. The molecule has 2 N–H and O–H groups in total. The third-order valence-electron chi connectivity index (χ3n) is 3.86. The molecule has 0 saturated heterocycles. The molecule has 3 nitrogen and oxygen atoms in total. The van der Waals surface area contributed by atoms with Gasteiger partial charge in [0.05, 0.1) is 5.69 Å². The van der Waals surface area contributed by atoms with Gasteiger partial charge >= 0.3 is 0 Å². The molecule has 0 radical (unpaired) electrons. The monoisotopic (exact) mass is 233 g/mol. The van der Waals surface area contributed by atoms with Crippen LogP contribution in [0.15, 0.2) is 18.3 Å². The summed E-state index contributed by atoms with van der Waals surface area (Å²) in [5.41, 5.74) is 8.65. The van der Waals surface area contributed by atoms with E-state index in [4.69, 9.17) is 5.73 Å². The lowest BCUT2D eigenvalue weighted by atomic mass is 9.90. The zero-order valence-corrected chi connectivity index (χ0v) is 10.9. The Morgan fingerprint density at radius 1 is 1.41 bits per heavy atom. The summed E-state index contributed by atoms with van der Waals surface area (Å²) in [4.78, 5) is 6.83. The highest BCUT2D eigenvalue weighted by molar-refractivity contribution is 5.17. The molecule has 1 aliphatic carbocycles. The van der Waals surface area contributed by atoms with Gasteiger partial charge in [0.25, 0.3) is 0 Å². The molecule has 17 heavy (non-hydrogen) atoms. The maximum Gasteiger partial charge on any atom is 0.0573 e. The number of nitrogens with zero attached hydrogens (tertiary/aromatic N) is 2. The molecule has 2 rings (SSSR count). The standard InChI is InChI=1S/C14H23N3/c1-11-6-5-9-16-13(11)10-17(2)14-8-4-3-7-12(14)15/h5-6,9,12,14H,3-4,7-8,10,15H2,1-2H3. The fourth-order valence-electron chi connectivity index (χ4n) is 2.72. The Morgan fingerprint density at radius 2 is 2.18 bits per heavy atom. The first-order chi connectivity index (χ1) is 8.18. The minimum Gasteiger partial charge on any atom is -0.326 e. The van der Waals surface area contributed by atoms with Gasteiger partial charge < -0.3 is 5.73 Å². The first kappa shape index (κ1) is 12.5. The van der Waals surface area contributed by atoms with Gasteiger partial charge in [0.2, 0.25) is 0 Å². The number of hydrogen-bond acceptors (Lipinski definition) is 3. The number of pyridine rings is 1. The minimum atomic E-state index is 0.331. The third kappa shape index (κ3) is 3.05. The van der Waals surface area contributed by atoms with Crippen LogP contribution >= 0.6 is 0 Å². The van der Waals surface area contributed by atoms with Crippen molar-refractivity contribution in [3.63, 3.8) is 0 Å². The molecule has 1 fully saturated rings. The van der Waals surface area contributed by atoms with E-state index in [0.717, 1.165) is 13.0 Å². The molecule has 0 spiro atoms. The molecule has 3 heteroatoms. The van der Waals surface area contributed by atoms with Crippen molar-refractivity contribution in [1.82, 2.24) is 9.88 Å². The Bertz CT molecular complexity index is 364. The molecule has 0 aromatic carbocycles. The van der Waals surface area contributed by atoms with Crippen LogP contribution in [0.25, 0.3) is 0 Å². The van der Waals surface area contributed by atoms with Crippen LogP contribution in [0.1, 0.15) is 36.9 Å². The van der Waals surface area contributed by atoms with Gasteiger partial charge in [-0.2, -0.15) is 0 Å². The summed E-state index contributed by atoms with van der Waals surface area (Å²) in [6.45, 7) is 3.03. The van der Waals surface area contributed by atoms with Crippen LogP contribution in [0.4, 0.5) is 0 Å². The predicted octanol–water partition coefficient (Wildman–Crippen LogP) is 2.09. The van der Waals surface area contributed by atoms with Crippen LogP contribution in [0.5, 0.6) is 0 Å². The molecule has 0 amide bonds. The molecule has 1 aromatic heterocycles. The van der Waals surface area contributed by atoms with Crippen LogP contribution < -0.4 is 5.73 Å². The maximum absolute atomic E-state index is 6.21. The molecular formula is C14H23N3. The predicted molar refractivity (Wildman–Crippen MR) is 70.7 cm³/mol. The lowest BCUT2D eigenvalue weighted by Crippen LogP contribution is -2.47. The number of hydrogen-bond donors (Lipinski definition) is 1. The zero-order valence-electron chi connectivity index (χ0n) is 10.9. The van der Waals surface area contributed by atoms with Gasteiger partial charge in [0, 0.05) is 24.8 Å². The topological polar surface area (TPSA) is 42.2 Å². The second-order valence-electron chi connectivity index (χ2n) is 5.20. The van der Waals surface area contributed by atoms with Crippen molar-refractivity contribution in [3.8, 4) is 0 Å². The Hall–Kier alpha value is -0.930. The lowest BCUT2D eigenvalue weighted by molar-refractivity contribution is 0.160. The van der Waals surface area contributed by atoms with Crippen LogP contribution in [0.3, 0.4) is 0 Å². The maximum atomic E-state index is 6.21. The van der Waals surface area contributed by atoms with Crippen molar-refractivity contribution >= 4 is 0 Å². The van der Waals surface area contributed by atoms with E-state index < -0.39 is 0 Å². The van der Waals surface area contributed by atoms with Gasteiger partial charge in [-0.25, -0.2) is 0 Å². The SMILES string of the molecule is Cc1cccnc1CN(C)C1CCCCC1N. The van der Waals surface area contributed by atoms with E-state index in [0.29, 0.717) is 12.1 Å². The molecule has 94 valence electrons. The molecule has 1 heterocycles. The second-order valence-corrected chi connectivity index (χ2v) is 5.20. The number of aryl methyl sites for hydroxylation is 1. The summed E-state index contributed by atoms with van der Waals surface area (Å²) in [5, 5.41) is 0. The summed E-state index contributed by atoms with van der Waals surface area (Å²) in [5.74, 6) is 0. The number of rotatable bonds is 3. The molecule has 2 unspecified atom stereocenters. The zero-order chi connectivity index (χ0) is 12.3. The van der Waals surface area contributed by atoms with Crippen molar-refractivity contribution in [3.05, 3.63) is 29.6 Å². The largest absolute Gasteiger partial charge is 0.326 e. The van der Waals surface area contributed by atoms with Crippen LogP contribution in [-0.4, -0.2) is 29.0 Å². The van der Waals surface area contributed by atoms with E-state index in [9.17, 15) is 0 Å². The lowest BCUT2D eigenvalue weighted by Gasteiger charge is -2.36. The Kier molecular flexibility index (Phi) is 4.13. The van der Waals surface area contributed by atoms with E-state index in [-0.39, 0.29) is 0 Å². The summed E-state index contributed by atoms with van der Waals surface area (Å²) in [6.07, 6.45) is 6.86. The van der Waals surface area contributed by atoms with E-state index in [1.54, 1.807) is 0 Å². The van der Waals surface area contributed by atoms with E-state index in [1.807, 2.05) is 12.3 Å². The van der Waals surface area contributed by atoms with Crippen LogP contribution in [0, 0.1) is 6.92 Å². The van der Waals surface area contributed by atoms with Gasteiger partial charge in [0.1, 0.15) is 0 Å². The van der Waals surface area contributed by atoms with Crippen molar-refractivity contribution < 1.29 is 0 Å². The van der Waals surface area contributed by atoms with Gasteiger partial charge in [-0.05, 0) is 38.4 Å². The van der Waals surface area contributed by atoms with Crippen LogP contribution in [0.2, 0.25) is 0 Å².